The molecule has 2 aromatic carbocycles. The molecule has 0 heterocycles. The summed E-state index contributed by atoms with van der Waals surface area (Å²) in [5.41, 5.74) is 3.44. The molecule has 5 nitrogen and oxygen atoms in total. The molecule has 2 aromatic rings. The standard InChI is InChI=1S/C15H11ClF3N3O2/c16-11-6-4-9(5-7-11)13(23)21-22-14(24)20-12-3-1-2-10(8-12)15(17,18)19/h1-8H,(H,21,23)(H2,20,22,24). The molecular weight excluding hydrogens is 347 g/mol. The Morgan fingerprint density at radius 3 is 2.25 bits per heavy atom. The summed E-state index contributed by atoms with van der Waals surface area (Å²) in [6, 6.07) is 9.11. The Morgan fingerprint density at radius 2 is 1.62 bits per heavy atom. The summed E-state index contributed by atoms with van der Waals surface area (Å²) in [4.78, 5) is 23.4. The summed E-state index contributed by atoms with van der Waals surface area (Å²) in [5, 5.41) is 2.63. The number of urea groups is 1. The number of alkyl halides is 3. The highest BCUT2D eigenvalue weighted by molar-refractivity contribution is 6.30. The molecular formula is C15H11ClF3N3O2. The number of rotatable bonds is 2. The Labute approximate surface area is 139 Å². The number of carbonyl (C=O) groups excluding carboxylic acids is 2. The number of hydrogen-bond acceptors (Lipinski definition) is 2. The van der Waals surface area contributed by atoms with E-state index < -0.39 is 23.7 Å². The number of nitrogens with one attached hydrogen (secondary N) is 3. The second-order valence-corrected chi connectivity index (χ2v) is 5.06. The first kappa shape index (κ1) is 17.6. The van der Waals surface area contributed by atoms with Gasteiger partial charge in [-0.1, -0.05) is 17.7 Å². The molecule has 0 aliphatic heterocycles. The lowest BCUT2D eigenvalue weighted by atomic mass is 10.2. The van der Waals surface area contributed by atoms with Crippen LogP contribution >= 0.6 is 11.6 Å². The maximum atomic E-state index is 12.6. The van der Waals surface area contributed by atoms with Crippen LogP contribution < -0.4 is 16.2 Å². The normalized spacial score (nSPS) is 10.8. The summed E-state index contributed by atoms with van der Waals surface area (Å²) >= 11 is 5.69. The van der Waals surface area contributed by atoms with Gasteiger partial charge < -0.3 is 5.32 Å². The van der Waals surface area contributed by atoms with Gasteiger partial charge in [0.05, 0.1) is 5.56 Å². The van der Waals surface area contributed by atoms with Gasteiger partial charge in [-0.05, 0) is 42.5 Å². The van der Waals surface area contributed by atoms with Gasteiger partial charge >= 0.3 is 12.2 Å². The predicted molar refractivity (Wildman–Crippen MR) is 82.5 cm³/mol. The van der Waals surface area contributed by atoms with Gasteiger partial charge in [-0.15, -0.1) is 0 Å². The fraction of sp³-hybridized carbons (Fsp3) is 0.0667. The Bertz CT molecular complexity index is 748. The van der Waals surface area contributed by atoms with Crippen molar-refractivity contribution in [3.8, 4) is 0 Å². The average Bonchev–Trinajstić information content (AvgIpc) is 2.53. The Morgan fingerprint density at radius 1 is 0.958 bits per heavy atom. The molecule has 0 aliphatic rings. The Kier molecular flexibility index (Phi) is 5.30. The fourth-order valence-electron chi connectivity index (χ4n) is 1.72. The van der Waals surface area contributed by atoms with Gasteiger partial charge in [0, 0.05) is 16.3 Å². The van der Waals surface area contributed by atoms with Crippen molar-refractivity contribution in [3.63, 3.8) is 0 Å². The van der Waals surface area contributed by atoms with Gasteiger partial charge in [-0.3, -0.25) is 10.2 Å². The van der Waals surface area contributed by atoms with E-state index in [-0.39, 0.29) is 11.3 Å². The first-order chi connectivity index (χ1) is 11.3. The zero-order valence-corrected chi connectivity index (χ0v) is 12.7. The van der Waals surface area contributed by atoms with Crippen molar-refractivity contribution in [1.82, 2.24) is 10.9 Å². The van der Waals surface area contributed by atoms with Crippen LogP contribution in [0.15, 0.2) is 48.5 Å². The van der Waals surface area contributed by atoms with E-state index in [0.717, 1.165) is 18.2 Å². The van der Waals surface area contributed by atoms with E-state index in [0.29, 0.717) is 5.02 Å². The first-order valence-electron chi connectivity index (χ1n) is 6.56. The maximum absolute atomic E-state index is 12.6. The highest BCUT2D eigenvalue weighted by Crippen LogP contribution is 2.30. The molecule has 0 aliphatic carbocycles. The van der Waals surface area contributed by atoms with E-state index in [1.807, 2.05) is 5.43 Å². The van der Waals surface area contributed by atoms with E-state index in [9.17, 15) is 22.8 Å². The van der Waals surface area contributed by atoms with Crippen molar-refractivity contribution >= 4 is 29.2 Å². The van der Waals surface area contributed by atoms with Crippen LogP contribution in [0.4, 0.5) is 23.7 Å². The number of benzene rings is 2. The monoisotopic (exact) mass is 357 g/mol. The second kappa shape index (κ2) is 7.22. The van der Waals surface area contributed by atoms with E-state index in [1.165, 1.54) is 30.3 Å². The molecule has 0 radical (unpaired) electrons. The zero-order chi connectivity index (χ0) is 17.7. The molecule has 2 rings (SSSR count). The minimum absolute atomic E-state index is 0.0666. The van der Waals surface area contributed by atoms with Gasteiger partial charge in [0.1, 0.15) is 0 Å². The van der Waals surface area contributed by atoms with Crippen LogP contribution in [0.5, 0.6) is 0 Å². The molecule has 0 atom stereocenters. The maximum Gasteiger partial charge on any atom is 0.416 e. The predicted octanol–water partition coefficient (Wildman–Crippen LogP) is 3.83. The van der Waals surface area contributed by atoms with Crippen LogP contribution in [0, 0.1) is 0 Å². The van der Waals surface area contributed by atoms with Crippen molar-refractivity contribution in [2.75, 3.05) is 5.32 Å². The Hall–Kier alpha value is -2.74. The molecule has 0 saturated heterocycles. The summed E-state index contributed by atoms with van der Waals surface area (Å²) in [7, 11) is 0. The van der Waals surface area contributed by atoms with E-state index >= 15 is 0 Å². The summed E-state index contributed by atoms with van der Waals surface area (Å²) < 4.78 is 37.7. The second-order valence-electron chi connectivity index (χ2n) is 4.62. The van der Waals surface area contributed by atoms with Crippen molar-refractivity contribution in [1.29, 1.82) is 0 Å². The quantitative estimate of drug-likeness (QED) is 0.715. The van der Waals surface area contributed by atoms with Gasteiger partial charge in [0.25, 0.3) is 5.91 Å². The van der Waals surface area contributed by atoms with Crippen LogP contribution in [-0.2, 0) is 6.18 Å². The van der Waals surface area contributed by atoms with Gasteiger partial charge in [0.2, 0.25) is 0 Å². The number of hydrazine groups is 1. The lowest BCUT2D eigenvalue weighted by Gasteiger charge is -2.11. The van der Waals surface area contributed by atoms with Crippen LogP contribution in [-0.4, -0.2) is 11.9 Å². The van der Waals surface area contributed by atoms with Crippen LogP contribution in [0.1, 0.15) is 15.9 Å². The third-order valence-electron chi connectivity index (χ3n) is 2.84. The lowest BCUT2D eigenvalue weighted by molar-refractivity contribution is -0.137. The largest absolute Gasteiger partial charge is 0.416 e. The van der Waals surface area contributed by atoms with Crippen molar-refractivity contribution in [3.05, 3.63) is 64.7 Å². The topological polar surface area (TPSA) is 70.2 Å². The van der Waals surface area contributed by atoms with Crippen LogP contribution in [0.2, 0.25) is 5.02 Å². The summed E-state index contributed by atoms with van der Waals surface area (Å²) in [5.74, 6) is -0.606. The van der Waals surface area contributed by atoms with Crippen molar-refractivity contribution in [2.24, 2.45) is 0 Å². The zero-order valence-electron chi connectivity index (χ0n) is 11.9. The number of amides is 3. The highest BCUT2D eigenvalue weighted by Gasteiger charge is 2.30. The number of hydrogen-bond donors (Lipinski definition) is 3. The molecule has 3 amide bonds. The minimum Gasteiger partial charge on any atom is -0.307 e. The highest BCUT2D eigenvalue weighted by atomic mass is 35.5. The molecule has 0 saturated carbocycles. The smallest absolute Gasteiger partial charge is 0.307 e. The third kappa shape index (κ3) is 4.88. The minimum atomic E-state index is -4.52. The molecule has 9 heteroatoms. The molecule has 0 fully saturated rings. The summed E-state index contributed by atoms with van der Waals surface area (Å²) in [6.45, 7) is 0. The fourth-order valence-corrected chi connectivity index (χ4v) is 1.85. The molecule has 0 spiro atoms. The molecule has 0 bridgehead atoms. The first-order valence-corrected chi connectivity index (χ1v) is 6.93. The van der Waals surface area contributed by atoms with E-state index in [1.54, 1.807) is 0 Å². The third-order valence-corrected chi connectivity index (χ3v) is 3.10. The average molecular weight is 358 g/mol. The number of halogens is 4. The molecule has 0 unspecified atom stereocenters. The number of carbonyl (C=O) groups is 2. The van der Waals surface area contributed by atoms with Crippen molar-refractivity contribution in [2.45, 2.75) is 6.18 Å². The molecule has 0 aromatic heterocycles. The molecule has 24 heavy (non-hydrogen) atoms. The SMILES string of the molecule is O=C(NNC(=O)c1ccc(Cl)cc1)Nc1cccc(C(F)(F)F)c1. The van der Waals surface area contributed by atoms with Gasteiger partial charge in [0.15, 0.2) is 0 Å². The Balaban J connectivity index is 1.92. The van der Waals surface area contributed by atoms with Gasteiger partial charge in [-0.25, -0.2) is 10.2 Å². The molecule has 3 N–H and O–H groups in total. The van der Waals surface area contributed by atoms with Crippen molar-refractivity contribution < 1.29 is 22.8 Å². The van der Waals surface area contributed by atoms with Crippen LogP contribution in [0.3, 0.4) is 0 Å². The van der Waals surface area contributed by atoms with Crippen LogP contribution in [0.25, 0.3) is 0 Å². The number of anilines is 1. The van der Waals surface area contributed by atoms with E-state index in [4.69, 9.17) is 11.6 Å². The lowest BCUT2D eigenvalue weighted by Crippen LogP contribution is -2.43. The summed E-state index contributed by atoms with van der Waals surface area (Å²) in [6.07, 6.45) is -4.52. The molecule has 126 valence electrons. The van der Waals surface area contributed by atoms with Gasteiger partial charge in [-0.2, -0.15) is 13.2 Å². The van der Waals surface area contributed by atoms with E-state index in [2.05, 4.69) is 10.7 Å².